The van der Waals surface area contributed by atoms with Gasteiger partial charge in [-0.1, -0.05) is 6.92 Å². The molecular formula is C15H28N4. The van der Waals surface area contributed by atoms with Gasteiger partial charge in [0.05, 0.1) is 6.33 Å². The first-order valence-electron chi connectivity index (χ1n) is 7.58. The SMILES string of the molecule is CCC1(C)CN(CCCn2ccnc2)C(C)CCN1. The molecule has 0 spiro atoms. The van der Waals surface area contributed by atoms with Crippen LogP contribution in [0.1, 0.15) is 40.0 Å². The van der Waals surface area contributed by atoms with Crippen molar-refractivity contribution in [3.8, 4) is 0 Å². The van der Waals surface area contributed by atoms with Crippen LogP contribution < -0.4 is 5.32 Å². The summed E-state index contributed by atoms with van der Waals surface area (Å²) < 4.78 is 2.17. The number of aryl methyl sites for hydroxylation is 1. The molecule has 2 unspecified atom stereocenters. The monoisotopic (exact) mass is 264 g/mol. The Morgan fingerprint density at radius 3 is 2.95 bits per heavy atom. The van der Waals surface area contributed by atoms with Crippen LogP contribution in [0, 0.1) is 0 Å². The zero-order chi connectivity index (χ0) is 13.7. The van der Waals surface area contributed by atoms with E-state index in [1.54, 1.807) is 0 Å². The first-order valence-corrected chi connectivity index (χ1v) is 7.58. The van der Waals surface area contributed by atoms with Gasteiger partial charge < -0.3 is 9.88 Å². The van der Waals surface area contributed by atoms with Gasteiger partial charge in [0.1, 0.15) is 0 Å². The van der Waals surface area contributed by atoms with E-state index in [1.807, 2.05) is 18.7 Å². The average Bonchev–Trinajstić information content (AvgIpc) is 2.85. The fourth-order valence-corrected chi connectivity index (χ4v) is 2.84. The maximum Gasteiger partial charge on any atom is 0.0945 e. The van der Waals surface area contributed by atoms with Crippen molar-refractivity contribution in [2.24, 2.45) is 0 Å². The average molecular weight is 264 g/mol. The second-order valence-electron chi connectivity index (χ2n) is 6.10. The molecule has 1 saturated heterocycles. The van der Waals surface area contributed by atoms with Gasteiger partial charge in [0.15, 0.2) is 0 Å². The van der Waals surface area contributed by atoms with E-state index in [-0.39, 0.29) is 5.54 Å². The smallest absolute Gasteiger partial charge is 0.0945 e. The Bertz CT molecular complexity index is 362. The van der Waals surface area contributed by atoms with Crippen molar-refractivity contribution in [2.75, 3.05) is 19.6 Å². The number of hydrogen-bond donors (Lipinski definition) is 1. The zero-order valence-electron chi connectivity index (χ0n) is 12.6. The summed E-state index contributed by atoms with van der Waals surface area (Å²) in [6.45, 7) is 11.6. The molecule has 0 aliphatic carbocycles. The minimum atomic E-state index is 0.278. The molecule has 1 aromatic heterocycles. The Morgan fingerprint density at radius 1 is 1.42 bits per heavy atom. The van der Waals surface area contributed by atoms with E-state index in [2.05, 4.69) is 40.5 Å². The molecule has 1 N–H and O–H groups in total. The third-order valence-electron chi connectivity index (χ3n) is 4.49. The molecule has 0 radical (unpaired) electrons. The van der Waals surface area contributed by atoms with Gasteiger partial charge in [0.2, 0.25) is 0 Å². The highest BCUT2D eigenvalue weighted by molar-refractivity contribution is 4.90. The molecule has 1 aliphatic rings. The molecule has 0 saturated carbocycles. The van der Waals surface area contributed by atoms with Crippen molar-refractivity contribution in [2.45, 2.75) is 58.2 Å². The van der Waals surface area contributed by atoms with E-state index in [0.29, 0.717) is 6.04 Å². The van der Waals surface area contributed by atoms with Crippen molar-refractivity contribution >= 4 is 0 Å². The molecule has 2 heterocycles. The third-order valence-corrected chi connectivity index (χ3v) is 4.49. The molecule has 2 atom stereocenters. The molecule has 108 valence electrons. The van der Waals surface area contributed by atoms with Crippen molar-refractivity contribution in [1.82, 2.24) is 19.8 Å². The van der Waals surface area contributed by atoms with Crippen LogP contribution in [0.5, 0.6) is 0 Å². The van der Waals surface area contributed by atoms with E-state index in [1.165, 1.54) is 25.8 Å². The summed E-state index contributed by atoms with van der Waals surface area (Å²) in [6, 6.07) is 0.684. The molecule has 0 amide bonds. The molecule has 2 rings (SSSR count). The van der Waals surface area contributed by atoms with Gasteiger partial charge in [-0.3, -0.25) is 4.90 Å². The van der Waals surface area contributed by atoms with Crippen LogP contribution in [-0.2, 0) is 6.54 Å². The summed E-state index contributed by atoms with van der Waals surface area (Å²) in [5.41, 5.74) is 0.278. The summed E-state index contributed by atoms with van der Waals surface area (Å²) in [7, 11) is 0. The Morgan fingerprint density at radius 2 is 2.26 bits per heavy atom. The predicted octanol–water partition coefficient (Wildman–Crippen LogP) is 2.13. The largest absolute Gasteiger partial charge is 0.337 e. The lowest BCUT2D eigenvalue weighted by atomic mass is 9.98. The minimum Gasteiger partial charge on any atom is -0.337 e. The predicted molar refractivity (Wildman–Crippen MR) is 79.2 cm³/mol. The first kappa shape index (κ1) is 14.5. The molecule has 0 aromatic carbocycles. The van der Waals surface area contributed by atoms with E-state index in [9.17, 15) is 0 Å². The lowest BCUT2D eigenvalue weighted by Gasteiger charge is -2.35. The van der Waals surface area contributed by atoms with Gasteiger partial charge in [-0.25, -0.2) is 4.98 Å². The second kappa shape index (κ2) is 6.53. The van der Waals surface area contributed by atoms with Gasteiger partial charge in [0.25, 0.3) is 0 Å². The maximum atomic E-state index is 4.09. The highest BCUT2D eigenvalue weighted by Crippen LogP contribution is 2.19. The van der Waals surface area contributed by atoms with Crippen LogP contribution in [0.3, 0.4) is 0 Å². The van der Waals surface area contributed by atoms with Crippen LogP contribution in [-0.4, -0.2) is 45.7 Å². The number of imidazole rings is 1. The lowest BCUT2D eigenvalue weighted by molar-refractivity contribution is 0.167. The van der Waals surface area contributed by atoms with E-state index in [4.69, 9.17) is 0 Å². The number of nitrogens with one attached hydrogen (secondary N) is 1. The Labute approximate surface area is 117 Å². The highest BCUT2D eigenvalue weighted by atomic mass is 15.2. The van der Waals surface area contributed by atoms with Gasteiger partial charge in [-0.15, -0.1) is 0 Å². The second-order valence-corrected chi connectivity index (χ2v) is 6.10. The lowest BCUT2D eigenvalue weighted by Crippen LogP contribution is -2.49. The zero-order valence-corrected chi connectivity index (χ0v) is 12.6. The summed E-state index contributed by atoms with van der Waals surface area (Å²) in [6.07, 6.45) is 9.44. The number of aromatic nitrogens is 2. The molecule has 19 heavy (non-hydrogen) atoms. The third kappa shape index (κ3) is 4.05. The molecule has 1 aliphatic heterocycles. The van der Waals surface area contributed by atoms with Crippen molar-refractivity contribution in [3.63, 3.8) is 0 Å². The van der Waals surface area contributed by atoms with Crippen LogP contribution in [0.2, 0.25) is 0 Å². The van der Waals surface area contributed by atoms with Gasteiger partial charge in [-0.05, 0) is 39.7 Å². The quantitative estimate of drug-likeness (QED) is 0.884. The summed E-state index contributed by atoms with van der Waals surface area (Å²) in [4.78, 5) is 6.75. The van der Waals surface area contributed by atoms with Crippen LogP contribution in [0.25, 0.3) is 0 Å². The van der Waals surface area contributed by atoms with E-state index >= 15 is 0 Å². The summed E-state index contributed by atoms with van der Waals surface area (Å²) in [5.74, 6) is 0. The molecule has 4 heteroatoms. The Balaban J connectivity index is 1.85. The Hall–Kier alpha value is -0.870. The molecular weight excluding hydrogens is 236 g/mol. The van der Waals surface area contributed by atoms with Crippen molar-refractivity contribution in [3.05, 3.63) is 18.7 Å². The van der Waals surface area contributed by atoms with Crippen molar-refractivity contribution < 1.29 is 0 Å². The standard InChI is InChI=1S/C15H28N4/c1-4-15(3)12-19(14(2)6-7-17-15)10-5-9-18-11-8-16-13-18/h8,11,13-14,17H,4-7,9-10,12H2,1-3H3. The molecule has 4 nitrogen and oxygen atoms in total. The first-order chi connectivity index (χ1) is 9.13. The summed E-state index contributed by atoms with van der Waals surface area (Å²) in [5, 5.41) is 3.72. The van der Waals surface area contributed by atoms with Crippen LogP contribution in [0.15, 0.2) is 18.7 Å². The normalized spacial score (nSPS) is 29.3. The number of hydrogen-bond acceptors (Lipinski definition) is 3. The minimum absolute atomic E-state index is 0.278. The number of nitrogens with zero attached hydrogens (tertiary/aromatic N) is 3. The molecule has 1 fully saturated rings. The van der Waals surface area contributed by atoms with Gasteiger partial charge in [-0.2, -0.15) is 0 Å². The number of rotatable bonds is 5. The fraction of sp³-hybridized carbons (Fsp3) is 0.800. The van der Waals surface area contributed by atoms with Crippen molar-refractivity contribution in [1.29, 1.82) is 0 Å². The Kier molecular flexibility index (Phi) is 4.99. The van der Waals surface area contributed by atoms with E-state index < -0.39 is 0 Å². The highest BCUT2D eigenvalue weighted by Gasteiger charge is 2.29. The van der Waals surface area contributed by atoms with Gasteiger partial charge >= 0.3 is 0 Å². The topological polar surface area (TPSA) is 33.1 Å². The molecule has 0 bridgehead atoms. The summed E-state index contributed by atoms with van der Waals surface area (Å²) >= 11 is 0. The van der Waals surface area contributed by atoms with Crippen LogP contribution >= 0.6 is 0 Å². The maximum absolute atomic E-state index is 4.09. The van der Waals surface area contributed by atoms with E-state index in [0.717, 1.165) is 19.6 Å². The molecule has 1 aromatic rings. The van der Waals surface area contributed by atoms with Gasteiger partial charge in [0, 0.05) is 43.6 Å². The fourth-order valence-electron chi connectivity index (χ4n) is 2.84. The van der Waals surface area contributed by atoms with Crippen LogP contribution in [0.4, 0.5) is 0 Å².